The molecule has 0 aromatic rings. The van der Waals surface area contributed by atoms with E-state index in [2.05, 4.69) is 23.3 Å². The lowest BCUT2D eigenvalue weighted by Crippen LogP contribution is -2.20. The van der Waals surface area contributed by atoms with Gasteiger partial charge in [0.25, 0.3) is 0 Å². The van der Waals surface area contributed by atoms with Crippen LogP contribution in [0.25, 0.3) is 0 Å². The SMILES string of the molecule is CCCN1C=CNC1. The molecule has 0 saturated heterocycles. The molecule has 1 heterocycles. The quantitative estimate of drug-likeness (QED) is 0.566. The average molecular weight is 112 g/mol. The Labute approximate surface area is 50.2 Å². The maximum Gasteiger partial charge on any atom is 0.0867 e. The molecule has 0 fully saturated rings. The molecule has 0 bridgehead atoms. The van der Waals surface area contributed by atoms with Gasteiger partial charge < -0.3 is 10.2 Å². The van der Waals surface area contributed by atoms with Gasteiger partial charge in [-0.2, -0.15) is 0 Å². The molecular weight excluding hydrogens is 100 g/mol. The van der Waals surface area contributed by atoms with E-state index in [4.69, 9.17) is 0 Å². The summed E-state index contributed by atoms with van der Waals surface area (Å²) >= 11 is 0. The first kappa shape index (κ1) is 5.48. The Kier molecular flexibility index (Phi) is 1.78. The van der Waals surface area contributed by atoms with Crippen molar-refractivity contribution in [2.75, 3.05) is 13.2 Å². The molecule has 8 heavy (non-hydrogen) atoms. The zero-order valence-corrected chi connectivity index (χ0v) is 5.22. The van der Waals surface area contributed by atoms with Crippen molar-refractivity contribution >= 4 is 0 Å². The van der Waals surface area contributed by atoms with Crippen LogP contribution in [-0.2, 0) is 0 Å². The smallest absolute Gasteiger partial charge is 0.0867 e. The van der Waals surface area contributed by atoms with E-state index >= 15 is 0 Å². The minimum absolute atomic E-state index is 0.994. The highest BCUT2D eigenvalue weighted by Gasteiger charge is 1.98. The fraction of sp³-hybridized carbons (Fsp3) is 0.667. The summed E-state index contributed by atoms with van der Waals surface area (Å²) in [5.74, 6) is 0. The molecule has 2 heteroatoms. The molecule has 0 unspecified atom stereocenters. The van der Waals surface area contributed by atoms with E-state index in [9.17, 15) is 0 Å². The van der Waals surface area contributed by atoms with E-state index in [1.54, 1.807) is 0 Å². The lowest BCUT2D eigenvalue weighted by molar-refractivity contribution is 0.391. The predicted molar refractivity (Wildman–Crippen MR) is 34.1 cm³/mol. The summed E-state index contributed by atoms with van der Waals surface area (Å²) in [5, 5.41) is 3.10. The Hall–Kier alpha value is -0.660. The van der Waals surface area contributed by atoms with Crippen molar-refractivity contribution in [1.29, 1.82) is 0 Å². The molecule has 0 amide bonds. The van der Waals surface area contributed by atoms with Crippen molar-refractivity contribution in [3.8, 4) is 0 Å². The Bertz CT molecular complexity index is 88.5. The number of rotatable bonds is 2. The highest BCUT2D eigenvalue weighted by atomic mass is 15.2. The van der Waals surface area contributed by atoms with Crippen molar-refractivity contribution in [3.05, 3.63) is 12.4 Å². The summed E-state index contributed by atoms with van der Waals surface area (Å²) in [5.41, 5.74) is 0. The van der Waals surface area contributed by atoms with Gasteiger partial charge >= 0.3 is 0 Å². The summed E-state index contributed by atoms with van der Waals surface area (Å²) in [6.07, 6.45) is 5.30. The number of hydrogen-bond acceptors (Lipinski definition) is 2. The van der Waals surface area contributed by atoms with E-state index in [1.807, 2.05) is 6.20 Å². The Balaban J connectivity index is 2.16. The third kappa shape index (κ3) is 1.15. The van der Waals surface area contributed by atoms with Crippen LogP contribution in [0.2, 0.25) is 0 Å². The molecule has 46 valence electrons. The predicted octanol–water partition coefficient (Wildman–Crippen LogP) is 0.730. The van der Waals surface area contributed by atoms with Crippen LogP contribution in [0.1, 0.15) is 13.3 Å². The second-order valence-electron chi connectivity index (χ2n) is 1.99. The molecule has 0 radical (unpaired) electrons. The number of hydrogen-bond donors (Lipinski definition) is 1. The minimum atomic E-state index is 0.994. The van der Waals surface area contributed by atoms with Gasteiger partial charge in [0.1, 0.15) is 0 Å². The second-order valence-corrected chi connectivity index (χ2v) is 1.99. The monoisotopic (exact) mass is 112 g/mol. The average Bonchev–Trinajstić information content (AvgIpc) is 2.19. The molecule has 1 N–H and O–H groups in total. The van der Waals surface area contributed by atoms with Crippen molar-refractivity contribution in [2.24, 2.45) is 0 Å². The third-order valence-corrected chi connectivity index (χ3v) is 1.21. The van der Waals surface area contributed by atoms with E-state index in [0.717, 1.165) is 6.67 Å². The van der Waals surface area contributed by atoms with Gasteiger partial charge in [-0.3, -0.25) is 0 Å². The molecule has 0 aliphatic carbocycles. The topological polar surface area (TPSA) is 15.3 Å². The zero-order valence-electron chi connectivity index (χ0n) is 5.22. The first-order valence-corrected chi connectivity index (χ1v) is 3.07. The van der Waals surface area contributed by atoms with E-state index < -0.39 is 0 Å². The van der Waals surface area contributed by atoms with Crippen LogP contribution in [0.15, 0.2) is 12.4 Å². The molecular formula is C6H12N2. The van der Waals surface area contributed by atoms with E-state index in [-0.39, 0.29) is 0 Å². The van der Waals surface area contributed by atoms with Crippen molar-refractivity contribution in [2.45, 2.75) is 13.3 Å². The van der Waals surface area contributed by atoms with Gasteiger partial charge in [0.15, 0.2) is 0 Å². The van der Waals surface area contributed by atoms with Crippen LogP contribution in [0, 0.1) is 0 Å². The third-order valence-electron chi connectivity index (χ3n) is 1.21. The highest BCUT2D eigenvalue weighted by Crippen LogP contribution is 1.94. The summed E-state index contributed by atoms with van der Waals surface area (Å²) < 4.78 is 0. The molecule has 1 aliphatic rings. The summed E-state index contributed by atoms with van der Waals surface area (Å²) in [4.78, 5) is 2.25. The minimum Gasteiger partial charge on any atom is -0.373 e. The van der Waals surface area contributed by atoms with Crippen LogP contribution in [0.3, 0.4) is 0 Å². The van der Waals surface area contributed by atoms with Gasteiger partial charge in [-0.05, 0) is 6.42 Å². The summed E-state index contributed by atoms with van der Waals surface area (Å²) in [6.45, 7) is 4.35. The molecule has 0 spiro atoms. The Morgan fingerprint density at radius 3 is 3.12 bits per heavy atom. The summed E-state index contributed by atoms with van der Waals surface area (Å²) in [6, 6.07) is 0. The van der Waals surface area contributed by atoms with Gasteiger partial charge in [0.05, 0.1) is 6.67 Å². The fourth-order valence-electron chi connectivity index (χ4n) is 0.822. The summed E-state index contributed by atoms with van der Waals surface area (Å²) in [7, 11) is 0. The standard InChI is InChI=1S/C6H12N2/c1-2-4-8-5-3-7-6-8/h3,5,7H,2,4,6H2,1H3. The van der Waals surface area contributed by atoms with E-state index in [0.29, 0.717) is 0 Å². The molecule has 0 atom stereocenters. The van der Waals surface area contributed by atoms with Crippen LogP contribution in [0.4, 0.5) is 0 Å². The largest absolute Gasteiger partial charge is 0.373 e. The Morgan fingerprint density at radius 1 is 1.75 bits per heavy atom. The van der Waals surface area contributed by atoms with Crippen molar-refractivity contribution in [3.63, 3.8) is 0 Å². The van der Waals surface area contributed by atoms with E-state index in [1.165, 1.54) is 13.0 Å². The fourth-order valence-corrected chi connectivity index (χ4v) is 0.822. The molecule has 0 saturated carbocycles. The Morgan fingerprint density at radius 2 is 2.62 bits per heavy atom. The number of nitrogens with one attached hydrogen (secondary N) is 1. The van der Waals surface area contributed by atoms with Crippen LogP contribution in [0.5, 0.6) is 0 Å². The van der Waals surface area contributed by atoms with Crippen LogP contribution < -0.4 is 5.32 Å². The molecule has 1 aliphatic heterocycles. The number of nitrogens with zero attached hydrogens (tertiary/aromatic N) is 1. The van der Waals surface area contributed by atoms with Crippen molar-refractivity contribution in [1.82, 2.24) is 10.2 Å². The van der Waals surface area contributed by atoms with Gasteiger partial charge in [-0.1, -0.05) is 6.92 Å². The zero-order chi connectivity index (χ0) is 5.82. The first-order chi connectivity index (χ1) is 3.93. The van der Waals surface area contributed by atoms with Crippen molar-refractivity contribution < 1.29 is 0 Å². The maximum absolute atomic E-state index is 3.10. The second kappa shape index (κ2) is 2.60. The lowest BCUT2D eigenvalue weighted by Gasteiger charge is -2.11. The first-order valence-electron chi connectivity index (χ1n) is 3.07. The van der Waals surface area contributed by atoms with Gasteiger partial charge in [0.2, 0.25) is 0 Å². The van der Waals surface area contributed by atoms with Crippen LogP contribution in [-0.4, -0.2) is 18.1 Å². The molecule has 0 aromatic carbocycles. The molecule has 2 nitrogen and oxygen atoms in total. The normalized spacial score (nSPS) is 16.9. The van der Waals surface area contributed by atoms with Gasteiger partial charge in [-0.15, -0.1) is 0 Å². The van der Waals surface area contributed by atoms with Gasteiger partial charge in [-0.25, -0.2) is 0 Å². The molecule has 1 rings (SSSR count). The van der Waals surface area contributed by atoms with Gasteiger partial charge in [0, 0.05) is 18.9 Å². The molecule has 0 aromatic heterocycles. The maximum atomic E-state index is 3.10. The highest BCUT2D eigenvalue weighted by molar-refractivity contribution is 4.86. The van der Waals surface area contributed by atoms with Crippen LogP contribution >= 0.6 is 0 Å². The lowest BCUT2D eigenvalue weighted by atomic mass is 10.4.